The molecule has 0 saturated carbocycles. The fourth-order valence-corrected chi connectivity index (χ4v) is 6.26. The summed E-state index contributed by atoms with van der Waals surface area (Å²) in [5.41, 5.74) is 4.30. The molecule has 1 amide bonds. The highest BCUT2D eigenvalue weighted by Crippen LogP contribution is 2.51. The van der Waals surface area contributed by atoms with Crippen molar-refractivity contribution < 1.29 is 4.79 Å². The molecule has 0 unspecified atom stereocenters. The van der Waals surface area contributed by atoms with E-state index in [2.05, 4.69) is 44.7 Å². The van der Waals surface area contributed by atoms with Crippen LogP contribution in [-0.2, 0) is 4.79 Å². The van der Waals surface area contributed by atoms with Crippen LogP contribution in [0.5, 0.6) is 0 Å². The van der Waals surface area contributed by atoms with Crippen LogP contribution in [0.25, 0.3) is 0 Å². The Morgan fingerprint density at radius 2 is 1.84 bits per heavy atom. The largest absolute Gasteiger partial charge is 0.334 e. The van der Waals surface area contributed by atoms with Crippen LogP contribution < -0.4 is 4.90 Å². The number of rotatable bonds is 5. The number of aliphatic imine (C=N–C) groups is 1. The second-order valence-corrected chi connectivity index (χ2v) is 10.1. The number of aryl methyl sites for hydroxylation is 2. The molecular weight excluding hydrogens is 446 g/mol. The third-order valence-electron chi connectivity index (χ3n) is 5.34. The molecule has 0 N–H and O–H groups in total. The van der Waals surface area contributed by atoms with Crippen LogP contribution in [-0.4, -0.2) is 29.1 Å². The Balaban J connectivity index is 1.76. The van der Waals surface area contributed by atoms with Gasteiger partial charge in [0.05, 0.1) is 11.4 Å². The summed E-state index contributed by atoms with van der Waals surface area (Å²) in [5.74, 6) is 0.0433. The number of anilines is 1. The van der Waals surface area contributed by atoms with Gasteiger partial charge in [-0.05, 0) is 68.8 Å². The molecule has 0 aliphatic carbocycles. The molecule has 2 aliphatic rings. The first-order chi connectivity index (χ1) is 14.9. The molecule has 4 rings (SSSR count). The molecule has 0 radical (unpaired) electrons. The summed E-state index contributed by atoms with van der Waals surface area (Å²) in [6.45, 7) is 9.83. The number of hydrogen-bond donors (Lipinski definition) is 0. The van der Waals surface area contributed by atoms with E-state index in [-0.39, 0.29) is 5.91 Å². The number of benzene rings is 2. The van der Waals surface area contributed by atoms with Crippen molar-refractivity contribution in [3.05, 3.63) is 62.5 Å². The molecule has 0 bridgehead atoms. The molecule has 1 saturated heterocycles. The Kier molecular flexibility index (Phi) is 6.70. The van der Waals surface area contributed by atoms with Crippen molar-refractivity contribution in [3.63, 3.8) is 0 Å². The maximum atomic E-state index is 13.5. The monoisotopic (exact) mass is 471 g/mol. The van der Waals surface area contributed by atoms with E-state index in [1.165, 1.54) is 17.3 Å². The average Bonchev–Trinajstić information content (AvgIpc) is 3.25. The van der Waals surface area contributed by atoms with Gasteiger partial charge in [-0.3, -0.25) is 9.69 Å². The Morgan fingerprint density at radius 3 is 2.55 bits per heavy atom. The Morgan fingerprint density at radius 1 is 1.03 bits per heavy atom. The molecule has 0 aromatic heterocycles. The fraction of sp³-hybridized carbons (Fsp3) is 0.333. The van der Waals surface area contributed by atoms with Gasteiger partial charge in [-0.25, -0.2) is 4.99 Å². The lowest BCUT2D eigenvalue weighted by Crippen LogP contribution is -2.30. The normalized spacial score (nSPS) is 19.6. The fourth-order valence-electron chi connectivity index (χ4n) is 3.70. The van der Waals surface area contributed by atoms with E-state index in [1.54, 1.807) is 11.8 Å². The second kappa shape index (κ2) is 9.31. The van der Waals surface area contributed by atoms with Gasteiger partial charge in [-0.15, -0.1) is 0 Å². The zero-order valence-corrected chi connectivity index (χ0v) is 20.6. The minimum Gasteiger partial charge on any atom is -0.334 e. The number of carbonyl (C=O) groups excluding carboxylic acids is 1. The Hall–Kier alpha value is -1.89. The molecule has 31 heavy (non-hydrogen) atoms. The van der Waals surface area contributed by atoms with Crippen LogP contribution in [0.15, 0.2) is 56.2 Å². The van der Waals surface area contributed by atoms with E-state index in [4.69, 9.17) is 16.6 Å². The minimum absolute atomic E-state index is 0.0433. The molecule has 0 spiro atoms. The molecule has 7 heteroatoms. The maximum Gasteiger partial charge on any atom is 0.269 e. The van der Waals surface area contributed by atoms with Crippen molar-refractivity contribution in [2.24, 2.45) is 4.99 Å². The number of amides is 1. The molecule has 2 aromatic carbocycles. The van der Waals surface area contributed by atoms with Crippen molar-refractivity contribution in [3.8, 4) is 0 Å². The van der Waals surface area contributed by atoms with E-state index in [1.807, 2.05) is 29.2 Å². The third-order valence-corrected chi connectivity index (χ3v) is 7.95. The summed E-state index contributed by atoms with van der Waals surface area (Å²) >= 11 is 9.38. The average molecular weight is 472 g/mol. The summed E-state index contributed by atoms with van der Waals surface area (Å²) in [4.78, 5) is 24.3. The highest BCUT2D eigenvalue weighted by molar-refractivity contribution is 8.19. The molecule has 162 valence electrons. The molecule has 4 nitrogen and oxygen atoms in total. The number of thioether (sulfide) groups is 2. The number of hydrogen-bond acceptors (Lipinski definition) is 5. The zero-order chi connectivity index (χ0) is 22.1. The van der Waals surface area contributed by atoms with Gasteiger partial charge in [0.1, 0.15) is 9.93 Å². The quantitative estimate of drug-likeness (QED) is 0.435. The summed E-state index contributed by atoms with van der Waals surface area (Å²) < 4.78 is 0. The summed E-state index contributed by atoms with van der Waals surface area (Å²) in [6.07, 6.45) is 1.97. The SMILES string of the molecule is CCCCN1C(=O)C(=C2Sc3ccc(Cl)cc3N2CC)SC1=Nc1ccc(C)cc1C. The maximum absolute atomic E-state index is 13.5. The number of halogens is 1. The number of amidine groups is 1. The van der Waals surface area contributed by atoms with Gasteiger partial charge in [0.25, 0.3) is 5.91 Å². The first kappa shape index (κ1) is 22.3. The van der Waals surface area contributed by atoms with Crippen molar-refractivity contribution in [2.75, 3.05) is 18.0 Å². The lowest BCUT2D eigenvalue weighted by molar-refractivity contribution is -0.122. The smallest absolute Gasteiger partial charge is 0.269 e. The van der Waals surface area contributed by atoms with Gasteiger partial charge in [-0.2, -0.15) is 0 Å². The zero-order valence-electron chi connectivity index (χ0n) is 18.2. The summed E-state index contributed by atoms with van der Waals surface area (Å²) in [5, 5.41) is 2.44. The standard InChI is InChI=1S/C24H26ClN3OS2/c1-5-7-12-28-22(29)21(31-24(28)26-18-10-8-15(3)13-16(18)4)23-27(6-2)19-14-17(25)9-11-20(19)30-23/h8-11,13-14H,5-7,12H2,1-4H3. The van der Waals surface area contributed by atoms with Crippen LogP contribution in [0, 0.1) is 13.8 Å². The topological polar surface area (TPSA) is 35.9 Å². The highest BCUT2D eigenvalue weighted by atomic mass is 35.5. The lowest BCUT2D eigenvalue weighted by atomic mass is 10.1. The van der Waals surface area contributed by atoms with Gasteiger partial charge < -0.3 is 4.90 Å². The van der Waals surface area contributed by atoms with E-state index in [0.717, 1.165) is 56.3 Å². The molecule has 1 fully saturated rings. The predicted molar refractivity (Wildman–Crippen MR) is 135 cm³/mol. The Labute approximate surface area is 197 Å². The second-order valence-electron chi connectivity index (χ2n) is 7.69. The van der Waals surface area contributed by atoms with Crippen molar-refractivity contribution in [2.45, 2.75) is 45.4 Å². The van der Waals surface area contributed by atoms with Crippen molar-refractivity contribution >= 4 is 57.6 Å². The first-order valence-electron chi connectivity index (χ1n) is 10.6. The summed E-state index contributed by atoms with van der Waals surface area (Å²) in [7, 11) is 0. The Bertz CT molecular complexity index is 1100. The number of carbonyl (C=O) groups is 1. The van der Waals surface area contributed by atoms with Gasteiger partial charge >= 0.3 is 0 Å². The molecule has 2 aliphatic heterocycles. The van der Waals surface area contributed by atoms with Crippen LogP contribution >= 0.6 is 35.1 Å². The molecule has 0 atom stereocenters. The minimum atomic E-state index is 0.0433. The van der Waals surface area contributed by atoms with Crippen LogP contribution in [0.1, 0.15) is 37.8 Å². The van der Waals surface area contributed by atoms with Crippen molar-refractivity contribution in [1.82, 2.24) is 4.90 Å². The van der Waals surface area contributed by atoms with E-state index in [9.17, 15) is 4.79 Å². The number of fused-ring (bicyclic) bond motifs is 1. The van der Waals surface area contributed by atoms with Crippen LogP contribution in [0.2, 0.25) is 5.02 Å². The van der Waals surface area contributed by atoms with Gasteiger partial charge in [-0.1, -0.05) is 54.4 Å². The lowest BCUT2D eigenvalue weighted by Gasteiger charge is -2.19. The number of unbranched alkanes of at least 4 members (excludes halogenated alkanes) is 1. The molecule has 2 heterocycles. The van der Waals surface area contributed by atoms with E-state index >= 15 is 0 Å². The van der Waals surface area contributed by atoms with Crippen molar-refractivity contribution in [1.29, 1.82) is 0 Å². The molecular formula is C24H26ClN3OS2. The third kappa shape index (κ3) is 4.38. The molecule has 2 aromatic rings. The van der Waals surface area contributed by atoms with E-state index in [0.29, 0.717) is 11.6 Å². The first-order valence-corrected chi connectivity index (χ1v) is 12.6. The highest BCUT2D eigenvalue weighted by Gasteiger charge is 2.39. The van der Waals surface area contributed by atoms with E-state index < -0.39 is 0 Å². The predicted octanol–water partition coefficient (Wildman–Crippen LogP) is 7.12. The number of nitrogens with zero attached hydrogens (tertiary/aromatic N) is 3. The van der Waals surface area contributed by atoms with Gasteiger partial charge in [0.15, 0.2) is 5.17 Å². The van der Waals surface area contributed by atoms with Gasteiger partial charge in [0.2, 0.25) is 0 Å². The van der Waals surface area contributed by atoms with Gasteiger partial charge in [0, 0.05) is 23.0 Å². The van der Waals surface area contributed by atoms with Crippen LogP contribution in [0.3, 0.4) is 0 Å². The van der Waals surface area contributed by atoms with Crippen LogP contribution in [0.4, 0.5) is 11.4 Å². The summed E-state index contributed by atoms with van der Waals surface area (Å²) in [6, 6.07) is 12.1.